The molecule has 2 aromatic heterocycles. The van der Waals surface area contributed by atoms with Crippen LogP contribution in [0.3, 0.4) is 0 Å². The zero-order valence-electron chi connectivity index (χ0n) is 14.6. The van der Waals surface area contributed by atoms with Gasteiger partial charge in [0, 0.05) is 24.0 Å². The molecule has 0 unspecified atom stereocenters. The second kappa shape index (κ2) is 6.60. The molecule has 1 aliphatic rings. The summed E-state index contributed by atoms with van der Waals surface area (Å²) in [6, 6.07) is 9.56. The lowest BCUT2D eigenvalue weighted by Gasteiger charge is -2.17. The Morgan fingerprint density at radius 2 is 2.12 bits per heavy atom. The smallest absolute Gasteiger partial charge is 0.252 e. The van der Waals surface area contributed by atoms with Crippen molar-refractivity contribution in [3.63, 3.8) is 0 Å². The van der Waals surface area contributed by atoms with E-state index in [-0.39, 0.29) is 23.1 Å². The molecule has 7 nitrogen and oxygen atoms in total. The van der Waals surface area contributed by atoms with Crippen LogP contribution >= 0.6 is 11.8 Å². The summed E-state index contributed by atoms with van der Waals surface area (Å²) in [5.41, 5.74) is 2.83. The maximum Gasteiger partial charge on any atom is 0.252 e. The van der Waals surface area contributed by atoms with E-state index >= 15 is 0 Å². The van der Waals surface area contributed by atoms with Crippen molar-refractivity contribution in [2.45, 2.75) is 31.3 Å². The number of anilines is 1. The number of hydrogen-bond donors (Lipinski definition) is 1. The molecule has 8 heteroatoms. The minimum absolute atomic E-state index is 0.0484. The van der Waals surface area contributed by atoms with Gasteiger partial charge < -0.3 is 4.90 Å². The van der Waals surface area contributed by atoms with Crippen LogP contribution in [0.4, 0.5) is 5.69 Å². The molecule has 0 atom stereocenters. The van der Waals surface area contributed by atoms with Crippen LogP contribution in [0.5, 0.6) is 0 Å². The largest absolute Gasteiger partial charge is 0.311 e. The summed E-state index contributed by atoms with van der Waals surface area (Å²) in [5, 5.41) is 8.81. The Kier molecular flexibility index (Phi) is 4.28. The molecule has 1 N–H and O–H groups in total. The van der Waals surface area contributed by atoms with Crippen molar-refractivity contribution in [1.82, 2.24) is 19.6 Å². The first kappa shape index (κ1) is 16.8. The standard InChI is InChI=1S/C18H19N5O2S/c1-11(2)14-9-15(24)19-17-20-21-18(23(14)17)26-10-16(25)22-8-7-12-5-3-4-6-13(12)22/h3-6,9,11H,7-8,10H2,1-2H3,(H,19,20,24). The summed E-state index contributed by atoms with van der Waals surface area (Å²) in [6.45, 7) is 4.73. The van der Waals surface area contributed by atoms with Crippen molar-refractivity contribution in [3.8, 4) is 0 Å². The van der Waals surface area contributed by atoms with Gasteiger partial charge in [-0.1, -0.05) is 43.8 Å². The number of rotatable bonds is 4. The van der Waals surface area contributed by atoms with Crippen LogP contribution in [-0.2, 0) is 11.2 Å². The van der Waals surface area contributed by atoms with E-state index in [1.54, 1.807) is 6.07 Å². The maximum atomic E-state index is 12.7. The molecule has 0 aliphatic carbocycles. The number of H-pyrrole nitrogens is 1. The second-order valence-electron chi connectivity index (χ2n) is 6.57. The predicted octanol–water partition coefficient (Wildman–Crippen LogP) is 2.22. The van der Waals surface area contributed by atoms with Gasteiger partial charge in [0.25, 0.3) is 5.56 Å². The number of nitrogens with zero attached hydrogens (tertiary/aromatic N) is 4. The molecular formula is C18H19N5O2S. The third kappa shape index (κ3) is 2.90. The number of aromatic nitrogens is 4. The van der Waals surface area contributed by atoms with Crippen LogP contribution in [0.25, 0.3) is 5.78 Å². The minimum atomic E-state index is -0.199. The maximum absolute atomic E-state index is 12.7. The Hall–Kier alpha value is -2.61. The molecule has 3 heterocycles. The molecule has 0 saturated heterocycles. The SMILES string of the molecule is CC(C)c1cc(=O)[nH]c2nnc(SCC(=O)N3CCc4ccccc43)n12. The van der Waals surface area contributed by atoms with Gasteiger partial charge in [-0.25, -0.2) is 0 Å². The summed E-state index contributed by atoms with van der Waals surface area (Å²) in [4.78, 5) is 29.0. The average Bonchev–Trinajstić information content (AvgIpc) is 3.23. The topological polar surface area (TPSA) is 83.4 Å². The number of thioether (sulfide) groups is 1. The third-order valence-corrected chi connectivity index (χ3v) is 5.42. The van der Waals surface area contributed by atoms with E-state index in [9.17, 15) is 9.59 Å². The molecule has 1 aliphatic heterocycles. The number of carbonyl (C=O) groups is 1. The Morgan fingerprint density at radius 3 is 2.92 bits per heavy atom. The van der Waals surface area contributed by atoms with Crippen molar-refractivity contribution < 1.29 is 4.79 Å². The fraction of sp³-hybridized carbons (Fsp3) is 0.333. The summed E-state index contributed by atoms with van der Waals surface area (Å²) >= 11 is 1.34. The monoisotopic (exact) mass is 369 g/mol. The highest BCUT2D eigenvalue weighted by atomic mass is 32.2. The fourth-order valence-electron chi connectivity index (χ4n) is 3.25. The third-order valence-electron chi connectivity index (χ3n) is 4.51. The Bertz CT molecular complexity index is 1040. The zero-order valence-corrected chi connectivity index (χ0v) is 15.4. The molecule has 134 valence electrons. The number of nitrogens with one attached hydrogen (secondary N) is 1. The summed E-state index contributed by atoms with van der Waals surface area (Å²) in [6.07, 6.45) is 0.888. The fourth-order valence-corrected chi connectivity index (χ4v) is 4.08. The van der Waals surface area contributed by atoms with E-state index in [4.69, 9.17) is 0 Å². The number of hydrogen-bond acceptors (Lipinski definition) is 5. The van der Waals surface area contributed by atoms with E-state index in [0.29, 0.717) is 17.5 Å². The molecule has 0 bridgehead atoms. The van der Waals surface area contributed by atoms with E-state index in [2.05, 4.69) is 21.2 Å². The van der Waals surface area contributed by atoms with Crippen LogP contribution in [0.2, 0.25) is 0 Å². The Labute approximate surface area is 154 Å². The average molecular weight is 369 g/mol. The first-order valence-corrected chi connectivity index (χ1v) is 9.52. The van der Waals surface area contributed by atoms with E-state index in [1.807, 2.05) is 41.3 Å². The van der Waals surface area contributed by atoms with E-state index in [1.165, 1.54) is 17.3 Å². The number of para-hydroxylation sites is 1. The molecular weight excluding hydrogens is 350 g/mol. The van der Waals surface area contributed by atoms with Crippen LogP contribution in [-0.4, -0.2) is 37.8 Å². The molecule has 26 heavy (non-hydrogen) atoms. The summed E-state index contributed by atoms with van der Waals surface area (Å²) in [7, 11) is 0. The number of aromatic amines is 1. The van der Waals surface area contributed by atoms with E-state index < -0.39 is 0 Å². The molecule has 1 amide bonds. The van der Waals surface area contributed by atoms with Gasteiger partial charge in [-0.15, -0.1) is 10.2 Å². The van der Waals surface area contributed by atoms with Crippen LogP contribution < -0.4 is 10.5 Å². The van der Waals surface area contributed by atoms with Crippen molar-refractivity contribution in [1.29, 1.82) is 0 Å². The van der Waals surface area contributed by atoms with Gasteiger partial charge in [0.1, 0.15) is 0 Å². The molecule has 3 aromatic rings. The summed E-state index contributed by atoms with van der Waals surface area (Å²) in [5.74, 6) is 0.859. The molecule has 0 fully saturated rings. The highest BCUT2D eigenvalue weighted by Gasteiger charge is 2.24. The highest BCUT2D eigenvalue weighted by molar-refractivity contribution is 7.99. The molecule has 4 rings (SSSR count). The van der Waals surface area contributed by atoms with Gasteiger partial charge in [-0.2, -0.15) is 0 Å². The molecule has 0 radical (unpaired) electrons. The van der Waals surface area contributed by atoms with Crippen LogP contribution in [0, 0.1) is 0 Å². The Balaban J connectivity index is 1.57. The predicted molar refractivity (Wildman–Crippen MR) is 101 cm³/mol. The lowest BCUT2D eigenvalue weighted by molar-refractivity contribution is -0.116. The van der Waals surface area contributed by atoms with Crippen LogP contribution in [0.1, 0.15) is 31.0 Å². The van der Waals surface area contributed by atoms with Gasteiger partial charge in [-0.05, 0) is 24.0 Å². The highest BCUT2D eigenvalue weighted by Crippen LogP contribution is 2.29. The first-order chi connectivity index (χ1) is 12.5. The first-order valence-electron chi connectivity index (χ1n) is 8.54. The molecule has 0 saturated carbocycles. The van der Waals surface area contributed by atoms with Gasteiger partial charge >= 0.3 is 0 Å². The zero-order chi connectivity index (χ0) is 18.3. The lowest BCUT2D eigenvalue weighted by atomic mass is 10.1. The minimum Gasteiger partial charge on any atom is -0.311 e. The van der Waals surface area contributed by atoms with Gasteiger partial charge in [0.15, 0.2) is 5.16 Å². The molecule has 0 spiro atoms. The van der Waals surface area contributed by atoms with E-state index in [0.717, 1.165) is 17.8 Å². The quantitative estimate of drug-likeness (QED) is 0.713. The number of carbonyl (C=O) groups excluding carboxylic acids is 1. The van der Waals surface area contributed by atoms with Gasteiger partial charge in [0.05, 0.1) is 5.75 Å². The van der Waals surface area contributed by atoms with Crippen molar-refractivity contribution >= 4 is 29.1 Å². The second-order valence-corrected chi connectivity index (χ2v) is 7.51. The summed E-state index contributed by atoms with van der Waals surface area (Å²) < 4.78 is 1.82. The van der Waals surface area contributed by atoms with Gasteiger partial charge in [0.2, 0.25) is 11.7 Å². The normalized spacial score (nSPS) is 13.6. The Morgan fingerprint density at radius 1 is 1.31 bits per heavy atom. The number of fused-ring (bicyclic) bond motifs is 2. The van der Waals surface area contributed by atoms with Crippen molar-refractivity contribution in [2.24, 2.45) is 0 Å². The number of amides is 1. The van der Waals surface area contributed by atoms with Crippen LogP contribution in [0.15, 0.2) is 40.3 Å². The molecule has 1 aromatic carbocycles. The number of benzene rings is 1. The van der Waals surface area contributed by atoms with Gasteiger partial charge in [-0.3, -0.25) is 19.0 Å². The van der Waals surface area contributed by atoms with Crippen molar-refractivity contribution in [3.05, 3.63) is 51.9 Å². The lowest BCUT2D eigenvalue weighted by Crippen LogP contribution is -2.30. The van der Waals surface area contributed by atoms with Crippen molar-refractivity contribution in [2.75, 3.05) is 17.2 Å².